The summed E-state index contributed by atoms with van der Waals surface area (Å²) in [5.74, 6) is 1.81. The maximum absolute atomic E-state index is 5.27. The minimum Gasteiger partial charge on any atom is -0.469 e. The van der Waals surface area contributed by atoms with Crippen LogP contribution in [0.25, 0.3) is 0 Å². The molecule has 19 heavy (non-hydrogen) atoms. The fraction of sp³-hybridized carbons (Fsp3) is 0.643. The van der Waals surface area contributed by atoms with Gasteiger partial charge in [-0.1, -0.05) is 0 Å². The lowest BCUT2D eigenvalue weighted by Crippen LogP contribution is -2.44. The largest absolute Gasteiger partial charge is 0.469 e. The second-order valence-corrected chi connectivity index (χ2v) is 5.43. The van der Waals surface area contributed by atoms with E-state index in [9.17, 15) is 0 Å². The lowest BCUT2D eigenvalue weighted by molar-refractivity contribution is 0.428. The van der Waals surface area contributed by atoms with Gasteiger partial charge < -0.3 is 20.4 Å². The maximum atomic E-state index is 5.27. The molecule has 0 aliphatic carbocycles. The van der Waals surface area contributed by atoms with Gasteiger partial charge in [0.15, 0.2) is 5.96 Å². The van der Waals surface area contributed by atoms with Crippen molar-refractivity contribution in [2.75, 3.05) is 26.7 Å². The minimum absolute atomic E-state index is 0.151. The smallest absolute Gasteiger partial charge is 0.191 e. The van der Waals surface area contributed by atoms with Crippen LogP contribution in [-0.2, 0) is 6.42 Å². The van der Waals surface area contributed by atoms with Crippen LogP contribution >= 0.6 is 0 Å². The van der Waals surface area contributed by atoms with Gasteiger partial charge in [0, 0.05) is 38.6 Å². The summed E-state index contributed by atoms with van der Waals surface area (Å²) in [7, 11) is 1.78. The molecule has 0 radical (unpaired) electrons. The van der Waals surface area contributed by atoms with E-state index in [0.29, 0.717) is 0 Å². The summed E-state index contributed by atoms with van der Waals surface area (Å²) in [4.78, 5) is 4.18. The molecule has 1 rings (SSSR count). The van der Waals surface area contributed by atoms with Gasteiger partial charge in [0.25, 0.3) is 0 Å². The van der Waals surface area contributed by atoms with Gasteiger partial charge in [-0.25, -0.2) is 0 Å². The standard InChI is InChI=1S/C14H26N4O/c1-14(2,3)18-10-9-17-13(15-4)16-8-7-12-6-5-11-19-12/h5-6,11,18H,7-10H2,1-4H3,(H2,15,16,17). The van der Waals surface area contributed by atoms with Gasteiger partial charge in [-0.05, 0) is 32.9 Å². The molecule has 0 amide bonds. The molecular weight excluding hydrogens is 240 g/mol. The monoisotopic (exact) mass is 266 g/mol. The molecule has 1 aromatic rings. The van der Waals surface area contributed by atoms with Gasteiger partial charge in [-0.15, -0.1) is 0 Å². The lowest BCUT2D eigenvalue weighted by Gasteiger charge is -2.21. The van der Waals surface area contributed by atoms with Crippen LogP contribution in [0, 0.1) is 0 Å². The highest BCUT2D eigenvalue weighted by Gasteiger charge is 2.07. The van der Waals surface area contributed by atoms with Gasteiger partial charge in [-0.2, -0.15) is 0 Å². The zero-order valence-corrected chi connectivity index (χ0v) is 12.4. The van der Waals surface area contributed by atoms with Crippen molar-refractivity contribution < 1.29 is 4.42 Å². The molecule has 0 unspecified atom stereocenters. The van der Waals surface area contributed by atoms with Crippen LogP contribution < -0.4 is 16.0 Å². The van der Waals surface area contributed by atoms with E-state index in [4.69, 9.17) is 4.42 Å². The number of furan rings is 1. The predicted molar refractivity (Wildman–Crippen MR) is 79.5 cm³/mol. The number of aliphatic imine (C=N–C) groups is 1. The van der Waals surface area contributed by atoms with Gasteiger partial charge in [0.05, 0.1) is 6.26 Å². The van der Waals surface area contributed by atoms with Crippen LogP contribution in [-0.4, -0.2) is 38.2 Å². The Hall–Kier alpha value is -1.49. The molecule has 1 aromatic heterocycles. The number of nitrogens with one attached hydrogen (secondary N) is 3. The first kappa shape index (κ1) is 15.6. The normalized spacial score (nSPS) is 12.5. The van der Waals surface area contributed by atoms with Crippen molar-refractivity contribution in [3.63, 3.8) is 0 Å². The van der Waals surface area contributed by atoms with Crippen molar-refractivity contribution in [2.24, 2.45) is 4.99 Å². The highest BCUT2D eigenvalue weighted by Crippen LogP contribution is 1.99. The molecule has 0 atom stereocenters. The summed E-state index contributed by atoms with van der Waals surface area (Å²) in [5, 5.41) is 9.94. The van der Waals surface area contributed by atoms with Crippen LogP contribution in [0.5, 0.6) is 0 Å². The molecular formula is C14H26N4O. The van der Waals surface area contributed by atoms with Crippen molar-refractivity contribution in [1.82, 2.24) is 16.0 Å². The first-order valence-corrected chi connectivity index (χ1v) is 6.73. The van der Waals surface area contributed by atoms with E-state index >= 15 is 0 Å². The second-order valence-electron chi connectivity index (χ2n) is 5.43. The number of hydrogen-bond acceptors (Lipinski definition) is 3. The molecule has 0 bridgehead atoms. The zero-order valence-electron chi connectivity index (χ0n) is 12.4. The van der Waals surface area contributed by atoms with E-state index in [-0.39, 0.29) is 5.54 Å². The molecule has 0 aliphatic rings. The Morgan fingerprint density at radius 2 is 1.95 bits per heavy atom. The fourth-order valence-corrected chi connectivity index (χ4v) is 1.60. The Kier molecular flexibility index (Phi) is 6.42. The summed E-state index contributed by atoms with van der Waals surface area (Å²) >= 11 is 0. The molecule has 0 spiro atoms. The van der Waals surface area contributed by atoms with Crippen molar-refractivity contribution in [3.05, 3.63) is 24.2 Å². The SMILES string of the molecule is CN=C(NCCNC(C)(C)C)NCCc1ccco1. The molecule has 0 aromatic carbocycles. The van der Waals surface area contributed by atoms with Crippen molar-refractivity contribution >= 4 is 5.96 Å². The average molecular weight is 266 g/mol. The van der Waals surface area contributed by atoms with Crippen LogP contribution in [0.2, 0.25) is 0 Å². The lowest BCUT2D eigenvalue weighted by atomic mass is 10.1. The molecule has 0 saturated heterocycles. The summed E-state index contributed by atoms with van der Waals surface area (Å²) in [6, 6.07) is 3.88. The highest BCUT2D eigenvalue weighted by molar-refractivity contribution is 5.79. The number of nitrogens with zero attached hydrogens (tertiary/aromatic N) is 1. The molecule has 1 heterocycles. The highest BCUT2D eigenvalue weighted by atomic mass is 16.3. The molecule has 5 nitrogen and oxygen atoms in total. The van der Waals surface area contributed by atoms with E-state index in [1.807, 2.05) is 12.1 Å². The fourth-order valence-electron chi connectivity index (χ4n) is 1.60. The Morgan fingerprint density at radius 1 is 1.21 bits per heavy atom. The second kappa shape index (κ2) is 7.84. The number of guanidine groups is 1. The Labute approximate surface area is 115 Å². The van der Waals surface area contributed by atoms with Gasteiger partial charge >= 0.3 is 0 Å². The minimum atomic E-state index is 0.151. The Morgan fingerprint density at radius 3 is 2.53 bits per heavy atom. The van der Waals surface area contributed by atoms with Crippen LogP contribution in [0.3, 0.4) is 0 Å². The number of hydrogen-bond donors (Lipinski definition) is 3. The van der Waals surface area contributed by atoms with Gasteiger partial charge in [-0.3, -0.25) is 4.99 Å². The quantitative estimate of drug-likeness (QED) is 0.413. The Bertz CT molecular complexity index is 365. The molecule has 0 fully saturated rings. The molecule has 5 heteroatoms. The average Bonchev–Trinajstić information content (AvgIpc) is 2.84. The third-order valence-corrected chi connectivity index (χ3v) is 2.54. The maximum Gasteiger partial charge on any atom is 0.191 e. The molecule has 0 saturated carbocycles. The van der Waals surface area contributed by atoms with Crippen molar-refractivity contribution in [3.8, 4) is 0 Å². The molecule has 108 valence electrons. The first-order chi connectivity index (χ1) is 9.01. The summed E-state index contributed by atoms with van der Waals surface area (Å²) in [6.45, 7) is 9.02. The Balaban J connectivity index is 2.13. The summed E-state index contributed by atoms with van der Waals surface area (Å²) in [6.07, 6.45) is 2.55. The third-order valence-electron chi connectivity index (χ3n) is 2.54. The van der Waals surface area contributed by atoms with Crippen LogP contribution in [0.15, 0.2) is 27.8 Å². The van der Waals surface area contributed by atoms with E-state index < -0.39 is 0 Å². The number of rotatable bonds is 6. The van der Waals surface area contributed by atoms with E-state index in [1.165, 1.54) is 0 Å². The molecule has 0 aliphatic heterocycles. The van der Waals surface area contributed by atoms with Crippen molar-refractivity contribution in [2.45, 2.75) is 32.7 Å². The van der Waals surface area contributed by atoms with E-state index in [1.54, 1.807) is 13.3 Å². The topological polar surface area (TPSA) is 61.6 Å². The first-order valence-electron chi connectivity index (χ1n) is 6.73. The third kappa shape index (κ3) is 7.51. The van der Waals surface area contributed by atoms with Crippen LogP contribution in [0.4, 0.5) is 0 Å². The predicted octanol–water partition coefficient (Wildman–Crippen LogP) is 1.38. The van der Waals surface area contributed by atoms with Gasteiger partial charge in [0.1, 0.15) is 5.76 Å². The summed E-state index contributed by atoms with van der Waals surface area (Å²) in [5.41, 5.74) is 0.151. The molecule has 3 N–H and O–H groups in total. The van der Waals surface area contributed by atoms with Crippen molar-refractivity contribution in [1.29, 1.82) is 0 Å². The van der Waals surface area contributed by atoms with Crippen LogP contribution in [0.1, 0.15) is 26.5 Å². The van der Waals surface area contributed by atoms with Gasteiger partial charge in [0.2, 0.25) is 0 Å². The van der Waals surface area contributed by atoms with E-state index in [0.717, 1.165) is 37.8 Å². The summed E-state index contributed by atoms with van der Waals surface area (Å²) < 4.78 is 5.27. The zero-order chi connectivity index (χ0) is 14.1. The van der Waals surface area contributed by atoms with E-state index in [2.05, 4.69) is 41.7 Å².